The van der Waals surface area contributed by atoms with Crippen LogP contribution in [-0.4, -0.2) is 12.0 Å². The summed E-state index contributed by atoms with van der Waals surface area (Å²) < 4.78 is 86.0. The van der Waals surface area contributed by atoms with Crippen molar-refractivity contribution < 1.29 is 35.5 Å². The molecule has 0 spiro atoms. The lowest BCUT2D eigenvalue weighted by Gasteiger charge is -2.07. The molecule has 0 N–H and O–H groups in total. The molecule has 0 fully saturated rings. The molecule has 0 aromatic heterocycles. The van der Waals surface area contributed by atoms with Crippen LogP contribution in [0.5, 0.6) is 0 Å². The van der Waals surface area contributed by atoms with E-state index in [1.807, 2.05) is 0 Å². The Morgan fingerprint density at radius 2 is 1.53 bits per heavy atom. The van der Waals surface area contributed by atoms with Crippen molar-refractivity contribution in [3.8, 4) is 0 Å². The molecule has 17 heavy (non-hydrogen) atoms. The number of alkyl halides is 3. The zero-order valence-electron chi connectivity index (χ0n) is 7.84. The molecule has 0 radical (unpaired) electrons. The highest BCUT2D eigenvalue weighted by Gasteiger charge is 2.38. The molecule has 0 aliphatic carbocycles. The molecule has 0 unspecified atom stereocenters. The molecular formula is C9H3F7O. The Morgan fingerprint density at radius 1 is 1.00 bits per heavy atom. The van der Waals surface area contributed by atoms with Gasteiger partial charge in [-0.15, -0.1) is 0 Å². The quantitative estimate of drug-likeness (QED) is 0.454. The van der Waals surface area contributed by atoms with Crippen molar-refractivity contribution in [3.63, 3.8) is 0 Å². The van der Waals surface area contributed by atoms with E-state index in [1.54, 1.807) is 0 Å². The van der Waals surface area contributed by atoms with Crippen LogP contribution in [0.2, 0.25) is 0 Å². The van der Waals surface area contributed by atoms with Crippen LogP contribution in [0.1, 0.15) is 5.56 Å². The fourth-order valence-electron chi connectivity index (χ4n) is 1.02. The Kier molecular flexibility index (Phi) is 3.44. The molecule has 0 heterocycles. The maximum Gasteiger partial charge on any atom is 0.450 e. The number of carbonyl (C=O) groups excluding carboxylic acids is 1. The van der Waals surface area contributed by atoms with Gasteiger partial charge in [0.2, 0.25) is 5.78 Å². The number of carbonyl (C=O) groups is 1. The van der Waals surface area contributed by atoms with E-state index in [0.29, 0.717) is 0 Å². The maximum absolute atomic E-state index is 12.9. The number of hydrogen-bond acceptors (Lipinski definition) is 1. The van der Waals surface area contributed by atoms with E-state index >= 15 is 0 Å². The number of benzene rings is 1. The van der Waals surface area contributed by atoms with E-state index < -0.39 is 47.2 Å². The number of Topliss-reactive ketones (excluding diaryl/α,β-unsaturated/α-hetero) is 1. The third-order valence-corrected chi connectivity index (χ3v) is 1.85. The highest BCUT2D eigenvalue weighted by atomic mass is 19.4. The first kappa shape index (κ1) is 13.5. The van der Waals surface area contributed by atoms with Gasteiger partial charge < -0.3 is 0 Å². The van der Waals surface area contributed by atoms with Crippen LogP contribution >= 0.6 is 0 Å². The van der Waals surface area contributed by atoms with E-state index in [9.17, 15) is 35.5 Å². The first-order chi connectivity index (χ1) is 7.64. The summed E-state index contributed by atoms with van der Waals surface area (Å²) in [6.45, 7) is 0. The van der Waals surface area contributed by atoms with Crippen molar-refractivity contribution in [2.75, 3.05) is 0 Å². The van der Waals surface area contributed by atoms with Crippen LogP contribution in [0.25, 0.3) is 0 Å². The zero-order valence-corrected chi connectivity index (χ0v) is 7.84. The minimum atomic E-state index is -5.26. The van der Waals surface area contributed by atoms with Crippen molar-refractivity contribution in [1.29, 1.82) is 0 Å². The van der Waals surface area contributed by atoms with Crippen LogP contribution < -0.4 is 0 Å². The molecule has 1 rings (SSSR count). The highest BCUT2D eigenvalue weighted by molar-refractivity contribution is 5.86. The van der Waals surface area contributed by atoms with E-state index in [1.165, 1.54) is 0 Å². The molecule has 94 valence electrons. The van der Waals surface area contributed by atoms with Crippen LogP contribution in [0.4, 0.5) is 30.7 Å². The number of hydrogen-bond donors (Lipinski definition) is 0. The molecule has 0 atom stereocenters. The largest absolute Gasteiger partial charge is 0.450 e. The first-order valence-electron chi connectivity index (χ1n) is 4.06. The van der Waals surface area contributed by atoms with Crippen molar-refractivity contribution in [2.24, 2.45) is 0 Å². The second-order valence-electron chi connectivity index (χ2n) is 3.06. The van der Waals surface area contributed by atoms with Gasteiger partial charge in [0, 0.05) is 12.0 Å². The van der Waals surface area contributed by atoms with Gasteiger partial charge in [-0.25, -0.2) is 17.6 Å². The summed E-state index contributed by atoms with van der Waals surface area (Å²) in [6, 6.07) is 0.0113. The van der Waals surface area contributed by atoms with Gasteiger partial charge in [0.25, 0.3) is 0 Å². The summed E-state index contributed by atoms with van der Waals surface area (Å²) in [4.78, 5) is 10.5. The zero-order chi connectivity index (χ0) is 13.4. The number of halogens is 7. The van der Waals surface area contributed by atoms with Crippen LogP contribution in [0.15, 0.2) is 6.07 Å². The smallest absolute Gasteiger partial charge is 0.289 e. The van der Waals surface area contributed by atoms with Crippen molar-refractivity contribution in [3.05, 3.63) is 34.9 Å². The Morgan fingerprint density at radius 3 is 2.00 bits per heavy atom. The average Bonchev–Trinajstić information content (AvgIpc) is 2.21. The SMILES string of the molecule is O=C(Cc1cc(F)c(F)c(F)c1F)C(F)(F)F. The Hall–Kier alpha value is -1.60. The third-order valence-electron chi connectivity index (χ3n) is 1.85. The lowest BCUT2D eigenvalue weighted by molar-refractivity contribution is -0.170. The van der Waals surface area contributed by atoms with Gasteiger partial charge in [-0.05, 0) is 6.07 Å². The van der Waals surface area contributed by atoms with E-state index in [0.717, 1.165) is 0 Å². The van der Waals surface area contributed by atoms with Gasteiger partial charge in [-0.2, -0.15) is 13.2 Å². The molecule has 1 aromatic carbocycles. The van der Waals surface area contributed by atoms with Gasteiger partial charge in [-0.1, -0.05) is 0 Å². The van der Waals surface area contributed by atoms with Crippen LogP contribution in [0.3, 0.4) is 0 Å². The predicted octanol–water partition coefficient (Wildman–Crippen LogP) is 2.92. The van der Waals surface area contributed by atoms with Gasteiger partial charge in [0.1, 0.15) is 0 Å². The van der Waals surface area contributed by atoms with Gasteiger partial charge in [0.15, 0.2) is 23.3 Å². The molecule has 0 amide bonds. The molecule has 1 aromatic rings. The van der Waals surface area contributed by atoms with Crippen molar-refractivity contribution in [1.82, 2.24) is 0 Å². The molecule has 1 nitrogen and oxygen atoms in total. The predicted molar refractivity (Wildman–Crippen MR) is 41.0 cm³/mol. The standard InChI is InChI=1S/C9H3F7O/c10-4-1-3(2-5(17)9(14,15)16)6(11)8(13)7(4)12/h1H,2H2. The van der Waals surface area contributed by atoms with Crippen LogP contribution in [0, 0.1) is 23.3 Å². The topological polar surface area (TPSA) is 17.1 Å². The molecule has 0 bridgehead atoms. The molecule has 0 saturated carbocycles. The highest BCUT2D eigenvalue weighted by Crippen LogP contribution is 2.23. The summed E-state index contributed by atoms with van der Waals surface area (Å²) in [5.41, 5.74) is -1.19. The van der Waals surface area contributed by atoms with E-state index in [-0.39, 0.29) is 6.07 Å². The molecule has 0 aliphatic rings. The van der Waals surface area contributed by atoms with Crippen molar-refractivity contribution >= 4 is 5.78 Å². The first-order valence-corrected chi connectivity index (χ1v) is 4.06. The Labute approximate surface area is 89.8 Å². The van der Waals surface area contributed by atoms with Gasteiger partial charge >= 0.3 is 6.18 Å². The summed E-state index contributed by atoms with van der Waals surface area (Å²) in [5, 5.41) is 0. The average molecular weight is 260 g/mol. The molecule has 8 heteroatoms. The minimum absolute atomic E-state index is 0.0113. The number of ketones is 1. The lowest BCUT2D eigenvalue weighted by Crippen LogP contribution is -2.25. The second kappa shape index (κ2) is 4.34. The fourth-order valence-corrected chi connectivity index (χ4v) is 1.02. The Balaban J connectivity index is 3.13. The molecule has 0 saturated heterocycles. The van der Waals surface area contributed by atoms with E-state index in [4.69, 9.17) is 0 Å². The molecular weight excluding hydrogens is 257 g/mol. The monoisotopic (exact) mass is 260 g/mol. The van der Waals surface area contributed by atoms with Crippen molar-refractivity contribution in [2.45, 2.75) is 12.6 Å². The van der Waals surface area contributed by atoms with E-state index in [2.05, 4.69) is 0 Å². The second-order valence-corrected chi connectivity index (χ2v) is 3.06. The number of rotatable bonds is 2. The normalized spacial score (nSPS) is 11.7. The third kappa shape index (κ3) is 2.75. The summed E-state index contributed by atoms with van der Waals surface area (Å²) in [6.07, 6.45) is -6.85. The minimum Gasteiger partial charge on any atom is -0.289 e. The maximum atomic E-state index is 12.9. The van der Waals surface area contributed by atoms with Gasteiger partial charge in [-0.3, -0.25) is 4.79 Å². The van der Waals surface area contributed by atoms with Gasteiger partial charge in [0.05, 0.1) is 0 Å². The van der Waals surface area contributed by atoms with Crippen LogP contribution in [-0.2, 0) is 11.2 Å². The summed E-state index contributed by atoms with van der Waals surface area (Å²) in [5.74, 6) is -10.7. The summed E-state index contributed by atoms with van der Waals surface area (Å²) in [7, 11) is 0. The fraction of sp³-hybridized carbons (Fsp3) is 0.222. The Bertz CT molecular complexity index is 463. The summed E-state index contributed by atoms with van der Waals surface area (Å²) >= 11 is 0. The lowest BCUT2D eigenvalue weighted by atomic mass is 10.1. The molecule has 0 aliphatic heterocycles.